The first-order valence-corrected chi connectivity index (χ1v) is 10.8. The minimum Gasteiger partial charge on any atom is -0.497 e. The van der Waals surface area contributed by atoms with Gasteiger partial charge in [-0.05, 0) is 48.2 Å². The third-order valence-electron chi connectivity index (χ3n) is 6.01. The number of fused-ring (bicyclic) bond motifs is 2. The van der Waals surface area contributed by atoms with Crippen molar-refractivity contribution in [2.75, 3.05) is 20.4 Å². The Morgan fingerprint density at radius 1 is 1.03 bits per heavy atom. The fourth-order valence-electron chi connectivity index (χ4n) is 4.38. The smallest absolute Gasteiger partial charge is 0.336 e. The monoisotopic (exact) mass is 427 g/mol. The van der Waals surface area contributed by atoms with Gasteiger partial charge < -0.3 is 13.9 Å². The Morgan fingerprint density at radius 2 is 1.88 bits per heavy atom. The molecule has 162 valence electrons. The average molecular weight is 428 g/mol. The first-order chi connectivity index (χ1) is 15.6. The van der Waals surface area contributed by atoms with Crippen LogP contribution in [0.4, 0.5) is 0 Å². The summed E-state index contributed by atoms with van der Waals surface area (Å²) in [7, 11) is 1.69. The van der Waals surface area contributed by atoms with Crippen molar-refractivity contribution in [2.24, 2.45) is 0 Å². The van der Waals surface area contributed by atoms with Crippen LogP contribution in [0, 0.1) is 6.92 Å². The molecule has 5 rings (SSSR count). The maximum Gasteiger partial charge on any atom is 0.336 e. The van der Waals surface area contributed by atoms with Gasteiger partial charge in [-0.1, -0.05) is 42.5 Å². The summed E-state index contributed by atoms with van der Waals surface area (Å²) in [4.78, 5) is 14.6. The number of nitrogens with zero attached hydrogens (tertiary/aromatic N) is 1. The molecule has 5 nitrogen and oxygen atoms in total. The average Bonchev–Trinajstić information content (AvgIpc) is 2.83. The Kier molecular flexibility index (Phi) is 5.41. The summed E-state index contributed by atoms with van der Waals surface area (Å²) < 4.78 is 17.1. The molecule has 1 aliphatic heterocycles. The highest BCUT2D eigenvalue weighted by atomic mass is 16.5. The van der Waals surface area contributed by atoms with E-state index in [1.54, 1.807) is 13.2 Å². The van der Waals surface area contributed by atoms with E-state index >= 15 is 0 Å². The Morgan fingerprint density at radius 3 is 2.69 bits per heavy atom. The molecular weight excluding hydrogens is 402 g/mol. The fraction of sp³-hybridized carbons (Fsp3) is 0.222. The third kappa shape index (κ3) is 3.87. The van der Waals surface area contributed by atoms with Crippen molar-refractivity contribution in [2.45, 2.75) is 19.9 Å². The summed E-state index contributed by atoms with van der Waals surface area (Å²) in [5, 5.41) is 0.935. The standard InChI is InChI=1S/C27H25NO4/c1-18-26-21(16-28(17-31-26)12-11-19-7-6-10-22(13-19)30-2)14-24-23(15-25(29)32-27(18)24)20-8-4-3-5-9-20/h3-10,13-15H,11-12,16-17H2,1-2H3. The van der Waals surface area contributed by atoms with E-state index in [2.05, 4.69) is 23.1 Å². The predicted octanol–water partition coefficient (Wildman–Crippen LogP) is 5.17. The van der Waals surface area contributed by atoms with Gasteiger partial charge in [0.2, 0.25) is 0 Å². The van der Waals surface area contributed by atoms with Crippen LogP contribution in [0.25, 0.3) is 22.1 Å². The van der Waals surface area contributed by atoms with Crippen LogP contribution in [0.1, 0.15) is 16.7 Å². The van der Waals surface area contributed by atoms with Crippen molar-refractivity contribution in [3.8, 4) is 22.6 Å². The number of aryl methyl sites for hydroxylation is 1. The summed E-state index contributed by atoms with van der Waals surface area (Å²) in [6.45, 7) is 4.12. The van der Waals surface area contributed by atoms with Gasteiger partial charge in [0.25, 0.3) is 0 Å². The van der Waals surface area contributed by atoms with E-state index in [-0.39, 0.29) is 5.63 Å². The number of hydrogen-bond donors (Lipinski definition) is 0. The van der Waals surface area contributed by atoms with Gasteiger partial charge >= 0.3 is 5.63 Å². The maximum absolute atomic E-state index is 12.3. The molecule has 2 heterocycles. The molecule has 32 heavy (non-hydrogen) atoms. The lowest BCUT2D eigenvalue weighted by Crippen LogP contribution is -2.34. The minimum atomic E-state index is -0.352. The van der Waals surface area contributed by atoms with Crippen LogP contribution < -0.4 is 15.1 Å². The van der Waals surface area contributed by atoms with Gasteiger partial charge in [-0.2, -0.15) is 0 Å². The molecule has 0 bridgehead atoms. The fourth-order valence-corrected chi connectivity index (χ4v) is 4.38. The van der Waals surface area contributed by atoms with Gasteiger partial charge in [0.05, 0.1) is 7.11 Å². The van der Waals surface area contributed by atoms with E-state index in [9.17, 15) is 4.79 Å². The molecule has 0 fully saturated rings. The minimum absolute atomic E-state index is 0.352. The van der Waals surface area contributed by atoms with Crippen molar-refractivity contribution in [1.82, 2.24) is 4.90 Å². The predicted molar refractivity (Wildman–Crippen MR) is 125 cm³/mol. The second-order valence-electron chi connectivity index (χ2n) is 8.14. The first kappa shape index (κ1) is 20.3. The molecule has 0 atom stereocenters. The highest BCUT2D eigenvalue weighted by Gasteiger charge is 2.23. The lowest BCUT2D eigenvalue weighted by Gasteiger charge is -2.30. The zero-order valence-electron chi connectivity index (χ0n) is 18.3. The Hall–Kier alpha value is -3.57. The zero-order chi connectivity index (χ0) is 22.1. The van der Waals surface area contributed by atoms with Gasteiger partial charge in [-0.3, -0.25) is 4.90 Å². The third-order valence-corrected chi connectivity index (χ3v) is 6.01. The lowest BCUT2D eigenvalue weighted by molar-refractivity contribution is 0.0959. The number of methoxy groups -OCH3 is 1. The summed E-state index contributed by atoms with van der Waals surface area (Å²) in [6.07, 6.45) is 0.909. The number of hydrogen-bond acceptors (Lipinski definition) is 5. The largest absolute Gasteiger partial charge is 0.497 e. The van der Waals surface area contributed by atoms with Crippen LogP contribution >= 0.6 is 0 Å². The molecule has 4 aromatic rings. The van der Waals surface area contributed by atoms with Crippen LogP contribution in [0.5, 0.6) is 11.5 Å². The molecule has 3 aromatic carbocycles. The van der Waals surface area contributed by atoms with E-state index in [0.717, 1.165) is 58.6 Å². The van der Waals surface area contributed by atoms with Crippen LogP contribution in [0.2, 0.25) is 0 Å². The molecule has 0 unspecified atom stereocenters. The zero-order valence-corrected chi connectivity index (χ0v) is 18.3. The molecule has 0 saturated heterocycles. The maximum atomic E-state index is 12.3. The molecule has 0 spiro atoms. The van der Waals surface area contributed by atoms with Gasteiger partial charge in [-0.15, -0.1) is 0 Å². The number of ether oxygens (including phenoxy) is 2. The van der Waals surface area contributed by atoms with Gasteiger partial charge in [0, 0.05) is 35.7 Å². The van der Waals surface area contributed by atoms with Crippen molar-refractivity contribution < 1.29 is 13.9 Å². The summed E-state index contributed by atoms with van der Waals surface area (Å²) in [5.74, 6) is 1.70. The van der Waals surface area contributed by atoms with Crippen LogP contribution in [0.15, 0.2) is 75.9 Å². The molecule has 5 heteroatoms. The van der Waals surface area contributed by atoms with Crippen molar-refractivity contribution in [1.29, 1.82) is 0 Å². The lowest BCUT2D eigenvalue weighted by atomic mass is 9.97. The number of benzene rings is 3. The second kappa shape index (κ2) is 8.52. The van der Waals surface area contributed by atoms with Gasteiger partial charge in [-0.25, -0.2) is 4.79 Å². The van der Waals surface area contributed by atoms with E-state index in [1.807, 2.05) is 49.4 Å². The molecule has 0 amide bonds. The normalized spacial score (nSPS) is 13.6. The quantitative estimate of drug-likeness (QED) is 0.411. The van der Waals surface area contributed by atoms with Crippen LogP contribution in [-0.2, 0) is 13.0 Å². The number of rotatable bonds is 5. The summed E-state index contributed by atoms with van der Waals surface area (Å²) in [5.41, 5.74) is 5.35. The van der Waals surface area contributed by atoms with Crippen molar-refractivity contribution in [3.63, 3.8) is 0 Å². The first-order valence-electron chi connectivity index (χ1n) is 10.8. The van der Waals surface area contributed by atoms with Crippen molar-refractivity contribution in [3.05, 3.63) is 93.8 Å². The molecule has 1 aliphatic rings. The van der Waals surface area contributed by atoms with E-state index in [4.69, 9.17) is 13.9 Å². The second-order valence-corrected chi connectivity index (χ2v) is 8.14. The van der Waals surface area contributed by atoms with Crippen LogP contribution in [0.3, 0.4) is 0 Å². The van der Waals surface area contributed by atoms with E-state index in [0.29, 0.717) is 12.3 Å². The molecular formula is C27H25NO4. The SMILES string of the molecule is COc1cccc(CCN2COc3c(cc4c(-c5ccccc5)cc(=O)oc4c3C)C2)c1. The van der Waals surface area contributed by atoms with Crippen molar-refractivity contribution >= 4 is 11.0 Å². The summed E-state index contributed by atoms with van der Waals surface area (Å²) >= 11 is 0. The highest BCUT2D eigenvalue weighted by Crippen LogP contribution is 2.38. The van der Waals surface area contributed by atoms with E-state index in [1.165, 1.54) is 5.56 Å². The molecule has 0 aliphatic carbocycles. The molecule has 0 saturated carbocycles. The van der Waals surface area contributed by atoms with Gasteiger partial charge in [0.1, 0.15) is 23.8 Å². The Labute approximate surface area is 186 Å². The van der Waals surface area contributed by atoms with E-state index < -0.39 is 0 Å². The Bertz CT molecular complexity index is 1330. The van der Waals surface area contributed by atoms with Gasteiger partial charge in [0.15, 0.2) is 0 Å². The highest BCUT2D eigenvalue weighted by molar-refractivity contribution is 5.96. The molecule has 1 aromatic heterocycles. The topological polar surface area (TPSA) is 51.9 Å². The molecule has 0 N–H and O–H groups in total. The Balaban J connectivity index is 1.47. The molecule has 0 radical (unpaired) electrons. The van der Waals surface area contributed by atoms with Crippen LogP contribution in [-0.4, -0.2) is 25.3 Å². The summed E-state index contributed by atoms with van der Waals surface area (Å²) in [6, 6.07) is 21.8.